The third-order valence-corrected chi connectivity index (χ3v) is 4.82. The topological polar surface area (TPSA) is 57.6 Å². The van der Waals surface area contributed by atoms with Gasteiger partial charge in [-0.2, -0.15) is 0 Å². The summed E-state index contributed by atoms with van der Waals surface area (Å²) < 4.78 is 1.61. The fourth-order valence-electron chi connectivity index (χ4n) is 0.915. The van der Waals surface area contributed by atoms with Crippen molar-refractivity contribution < 1.29 is 14.7 Å². The van der Waals surface area contributed by atoms with Crippen molar-refractivity contribution in [1.29, 1.82) is 0 Å². The van der Waals surface area contributed by atoms with Gasteiger partial charge in [0.15, 0.2) is 0 Å². The van der Waals surface area contributed by atoms with Gasteiger partial charge in [-0.25, -0.2) is 0 Å². The highest BCUT2D eigenvalue weighted by molar-refractivity contribution is 9.13. The summed E-state index contributed by atoms with van der Waals surface area (Å²) in [6.07, 6.45) is 0. The standard InChI is InChI=1S/C8H7Br2NO3S/c1-11(3-6(12)13)8(14)5-2-4(9)7(10)15-5/h2H,3H2,1H3,(H,12,13). The summed E-state index contributed by atoms with van der Waals surface area (Å²) in [5.41, 5.74) is 0. The monoisotopic (exact) mass is 355 g/mol. The van der Waals surface area contributed by atoms with E-state index in [2.05, 4.69) is 31.9 Å². The molecule has 0 atom stereocenters. The number of carbonyl (C=O) groups is 2. The van der Waals surface area contributed by atoms with E-state index in [9.17, 15) is 9.59 Å². The van der Waals surface area contributed by atoms with Crippen molar-refractivity contribution in [1.82, 2.24) is 4.90 Å². The summed E-state index contributed by atoms with van der Waals surface area (Å²) >= 11 is 7.79. The Kier molecular flexibility index (Phi) is 4.30. The van der Waals surface area contributed by atoms with Crippen molar-refractivity contribution in [3.63, 3.8) is 0 Å². The van der Waals surface area contributed by atoms with Gasteiger partial charge in [-0.3, -0.25) is 9.59 Å². The number of halogens is 2. The number of likely N-dealkylation sites (N-methyl/N-ethyl adjacent to an activating group) is 1. The number of carbonyl (C=O) groups excluding carboxylic acids is 1. The highest BCUT2D eigenvalue weighted by Crippen LogP contribution is 2.32. The van der Waals surface area contributed by atoms with E-state index in [1.54, 1.807) is 6.07 Å². The molecule has 0 radical (unpaired) electrons. The Balaban J connectivity index is 2.80. The van der Waals surface area contributed by atoms with Gasteiger partial charge in [0.05, 0.1) is 8.66 Å². The first-order valence-corrected chi connectivity index (χ1v) is 6.24. The molecule has 1 heterocycles. The van der Waals surface area contributed by atoms with Crippen LogP contribution < -0.4 is 0 Å². The molecular formula is C8H7Br2NO3S. The molecular weight excluding hydrogens is 350 g/mol. The maximum absolute atomic E-state index is 11.7. The van der Waals surface area contributed by atoms with Gasteiger partial charge in [-0.15, -0.1) is 11.3 Å². The molecule has 7 heteroatoms. The van der Waals surface area contributed by atoms with Gasteiger partial charge >= 0.3 is 5.97 Å². The lowest BCUT2D eigenvalue weighted by Gasteiger charge is -2.12. The molecule has 0 spiro atoms. The Bertz CT molecular complexity index is 385. The van der Waals surface area contributed by atoms with E-state index in [-0.39, 0.29) is 12.5 Å². The number of thiophene rings is 1. The molecule has 0 aliphatic carbocycles. The summed E-state index contributed by atoms with van der Waals surface area (Å²) in [6.45, 7) is -0.300. The number of hydrogen-bond donors (Lipinski definition) is 1. The second kappa shape index (κ2) is 5.09. The van der Waals surface area contributed by atoms with Gasteiger partial charge in [-0.05, 0) is 37.9 Å². The van der Waals surface area contributed by atoms with Crippen molar-refractivity contribution >= 4 is 55.1 Å². The number of hydrogen-bond acceptors (Lipinski definition) is 3. The second-order valence-corrected chi connectivity index (χ2v) is 6.01. The molecule has 0 saturated carbocycles. The van der Waals surface area contributed by atoms with Crippen LogP contribution >= 0.6 is 43.2 Å². The van der Waals surface area contributed by atoms with Crippen LogP contribution in [0.25, 0.3) is 0 Å². The van der Waals surface area contributed by atoms with Gasteiger partial charge in [-0.1, -0.05) is 0 Å². The lowest BCUT2D eigenvalue weighted by Crippen LogP contribution is -2.31. The fourth-order valence-corrected chi connectivity index (χ4v) is 2.95. The number of aliphatic carboxylic acids is 1. The predicted octanol–water partition coefficient (Wildman–Crippen LogP) is 2.43. The van der Waals surface area contributed by atoms with Gasteiger partial charge < -0.3 is 10.0 Å². The fraction of sp³-hybridized carbons (Fsp3) is 0.250. The van der Waals surface area contributed by atoms with Crippen molar-refractivity contribution in [2.24, 2.45) is 0 Å². The molecule has 82 valence electrons. The average molecular weight is 357 g/mol. The molecule has 1 amide bonds. The Labute approximate surface area is 107 Å². The largest absolute Gasteiger partial charge is 0.480 e. The van der Waals surface area contributed by atoms with Crippen LogP contribution in [0.3, 0.4) is 0 Å². The maximum atomic E-state index is 11.7. The molecule has 1 aromatic heterocycles. The predicted molar refractivity (Wildman–Crippen MR) is 64.3 cm³/mol. The quantitative estimate of drug-likeness (QED) is 0.904. The second-order valence-electron chi connectivity index (χ2n) is 2.79. The number of amides is 1. The molecule has 0 unspecified atom stereocenters. The number of carboxylic acids is 1. The zero-order valence-corrected chi connectivity index (χ0v) is 11.6. The first-order valence-electron chi connectivity index (χ1n) is 3.84. The molecule has 0 aliphatic rings. The van der Waals surface area contributed by atoms with Crippen LogP contribution in [-0.2, 0) is 4.79 Å². The SMILES string of the molecule is CN(CC(=O)O)C(=O)c1cc(Br)c(Br)s1. The summed E-state index contributed by atoms with van der Waals surface area (Å²) in [4.78, 5) is 23.7. The van der Waals surface area contributed by atoms with E-state index >= 15 is 0 Å². The molecule has 0 saturated heterocycles. The molecule has 0 fully saturated rings. The first kappa shape index (κ1) is 12.7. The van der Waals surface area contributed by atoms with E-state index in [1.807, 2.05) is 0 Å². The third-order valence-electron chi connectivity index (χ3n) is 1.58. The van der Waals surface area contributed by atoms with Gasteiger partial charge in [0.2, 0.25) is 0 Å². The Morgan fingerprint density at radius 3 is 2.53 bits per heavy atom. The summed E-state index contributed by atoms with van der Waals surface area (Å²) in [5, 5.41) is 8.53. The van der Waals surface area contributed by atoms with E-state index in [0.717, 1.165) is 13.2 Å². The molecule has 1 rings (SSSR count). The Hall–Kier alpha value is -0.400. The van der Waals surface area contributed by atoms with Crippen LogP contribution in [-0.4, -0.2) is 35.5 Å². The molecule has 0 aliphatic heterocycles. The van der Waals surface area contributed by atoms with Crippen LogP contribution in [0.2, 0.25) is 0 Å². The highest BCUT2D eigenvalue weighted by Gasteiger charge is 2.17. The van der Waals surface area contributed by atoms with E-state index in [0.29, 0.717) is 4.88 Å². The van der Waals surface area contributed by atoms with E-state index in [4.69, 9.17) is 5.11 Å². The van der Waals surface area contributed by atoms with Crippen LogP contribution in [0.1, 0.15) is 9.67 Å². The highest BCUT2D eigenvalue weighted by atomic mass is 79.9. The Morgan fingerprint density at radius 2 is 2.13 bits per heavy atom. The molecule has 0 bridgehead atoms. The minimum Gasteiger partial charge on any atom is -0.480 e. The van der Waals surface area contributed by atoms with Crippen molar-refractivity contribution in [3.05, 3.63) is 19.2 Å². The maximum Gasteiger partial charge on any atom is 0.323 e. The lowest BCUT2D eigenvalue weighted by atomic mass is 10.4. The van der Waals surface area contributed by atoms with Crippen LogP contribution in [0.5, 0.6) is 0 Å². The smallest absolute Gasteiger partial charge is 0.323 e. The zero-order valence-electron chi connectivity index (χ0n) is 7.66. The lowest BCUT2D eigenvalue weighted by molar-refractivity contribution is -0.137. The molecule has 0 aromatic carbocycles. The van der Waals surface area contributed by atoms with Crippen LogP contribution in [0.4, 0.5) is 0 Å². The summed E-state index contributed by atoms with van der Waals surface area (Å²) in [7, 11) is 1.46. The molecule has 4 nitrogen and oxygen atoms in total. The normalized spacial score (nSPS) is 10.1. The van der Waals surface area contributed by atoms with E-state index in [1.165, 1.54) is 18.4 Å². The average Bonchev–Trinajstić information content (AvgIpc) is 2.44. The van der Waals surface area contributed by atoms with Gasteiger partial charge in [0.1, 0.15) is 6.54 Å². The summed E-state index contributed by atoms with van der Waals surface area (Å²) in [5.74, 6) is -1.32. The van der Waals surface area contributed by atoms with E-state index < -0.39 is 5.97 Å². The van der Waals surface area contributed by atoms with Crippen molar-refractivity contribution in [2.45, 2.75) is 0 Å². The third kappa shape index (κ3) is 3.29. The Morgan fingerprint density at radius 1 is 1.53 bits per heavy atom. The first-order chi connectivity index (χ1) is 6.91. The summed E-state index contributed by atoms with van der Waals surface area (Å²) in [6, 6.07) is 1.66. The minimum absolute atomic E-state index is 0.297. The van der Waals surface area contributed by atoms with Crippen LogP contribution in [0.15, 0.2) is 14.3 Å². The van der Waals surface area contributed by atoms with Gasteiger partial charge in [0.25, 0.3) is 5.91 Å². The van der Waals surface area contributed by atoms with Crippen molar-refractivity contribution in [3.8, 4) is 0 Å². The minimum atomic E-state index is -1.03. The molecule has 15 heavy (non-hydrogen) atoms. The molecule has 1 N–H and O–H groups in total. The van der Waals surface area contributed by atoms with Crippen LogP contribution in [0, 0.1) is 0 Å². The van der Waals surface area contributed by atoms with Crippen molar-refractivity contribution in [2.75, 3.05) is 13.6 Å². The number of nitrogens with zero attached hydrogens (tertiary/aromatic N) is 1. The molecule has 1 aromatic rings. The number of carboxylic acid groups (broad SMARTS) is 1. The van der Waals surface area contributed by atoms with Gasteiger partial charge in [0, 0.05) is 11.5 Å². The number of rotatable bonds is 3. The zero-order chi connectivity index (χ0) is 11.6.